The van der Waals surface area contributed by atoms with Crippen LogP contribution in [0.25, 0.3) is 6.08 Å². The van der Waals surface area contributed by atoms with Crippen molar-refractivity contribution in [1.29, 1.82) is 0 Å². The number of hydrogen-bond acceptors (Lipinski definition) is 4. The maximum atomic E-state index is 11.8. The Bertz CT molecular complexity index is 904. The quantitative estimate of drug-likeness (QED) is 0.492. The Morgan fingerprint density at radius 1 is 1.04 bits per heavy atom. The second kappa shape index (κ2) is 9.35. The number of amides is 1. The van der Waals surface area contributed by atoms with Crippen molar-refractivity contribution < 1.29 is 13.9 Å². The van der Waals surface area contributed by atoms with E-state index in [-0.39, 0.29) is 11.0 Å². The molecule has 0 aliphatic carbocycles. The molecule has 136 valence electrons. The topological polar surface area (TPSA) is 63.5 Å². The molecule has 3 aromatic rings. The van der Waals surface area contributed by atoms with Crippen molar-refractivity contribution in [3.8, 4) is 5.75 Å². The Labute approximate surface area is 162 Å². The molecule has 0 saturated heterocycles. The van der Waals surface area contributed by atoms with Gasteiger partial charge in [-0.05, 0) is 60.3 Å². The molecular weight excluding hydrogens is 360 g/mol. The fourth-order valence-electron chi connectivity index (χ4n) is 2.24. The van der Waals surface area contributed by atoms with Crippen LogP contribution in [0.3, 0.4) is 0 Å². The van der Waals surface area contributed by atoms with Gasteiger partial charge in [0.15, 0.2) is 5.11 Å². The van der Waals surface area contributed by atoms with Gasteiger partial charge in [0, 0.05) is 11.8 Å². The van der Waals surface area contributed by atoms with E-state index < -0.39 is 0 Å². The number of thiocarbonyl (C=S) groups is 1. The highest BCUT2D eigenvalue weighted by atomic mass is 32.1. The second-order valence-corrected chi connectivity index (χ2v) is 6.00. The fraction of sp³-hybridized carbons (Fsp3) is 0.0476. The van der Waals surface area contributed by atoms with Crippen molar-refractivity contribution in [2.24, 2.45) is 0 Å². The monoisotopic (exact) mass is 378 g/mol. The number of carbonyl (C=O) groups is 1. The first-order chi connectivity index (χ1) is 13.2. The molecule has 0 atom stereocenters. The minimum Gasteiger partial charge on any atom is -0.489 e. The zero-order valence-electron chi connectivity index (χ0n) is 14.4. The van der Waals surface area contributed by atoms with Crippen LogP contribution in [0.4, 0.5) is 5.69 Å². The molecule has 1 aromatic heterocycles. The van der Waals surface area contributed by atoms with E-state index in [1.54, 1.807) is 18.2 Å². The van der Waals surface area contributed by atoms with Crippen LogP contribution in [0, 0.1) is 0 Å². The summed E-state index contributed by atoms with van der Waals surface area (Å²) in [5.74, 6) is 1.00. The van der Waals surface area contributed by atoms with Crippen LogP contribution in [-0.4, -0.2) is 11.0 Å². The van der Waals surface area contributed by atoms with Crippen LogP contribution in [0.15, 0.2) is 83.5 Å². The third kappa shape index (κ3) is 6.13. The van der Waals surface area contributed by atoms with Gasteiger partial charge >= 0.3 is 0 Å². The highest BCUT2D eigenvalue weighted by Gasteiger charge is 2.03. The zero-order valence-corrected chi connectivity index (χ0v) is 15.2. The highest BCUT2D eigenvalue weighted by Crippen LogP contribution is 2.17. The molecule has 3 rings (SSSR count). The highest BCUT2D eigenvalue weighted by molar-refractivity contribution is 7.80. The number of furan rings is 1. The summed E-state index contributed by atoms with van der Waals surface area (Å²) in [6.07, 6.45) is 4.46. The number of rotatable bonds is 6. The molecule has 0 radical (unpaired) electrons. The number of carbonyl (C=O) groups excluding carboxylic acids is 1. The molecule has 0 fully saturated rings. The van der Waals surface area contributed by atoms with Gasteiger partial charge in [0.25, 0.3) is 0 Å². The Morgan fingerprint density at radius 2 is 1.81 bits per heavy atom. The molecule has 0 saturated carbocycles. The van der Waals surface area contributed by atoms with Crippen molar-refractivity contribution >= 4 is 35.0 Å². The summed E-state index contributed by atoms with van der Waals surface area (Å²) in [7, 11) is 0. The lowest BCUT2D eigenvalue weighted by Crippen LogP contribution is -2.32. The van der Waals surface area contributed by atoms with Crippen LogP contribution in [0.2, 0.25) is 0 Å². The SMILES string of the molecule is O=C(C=Cc1ccco1)NC(=S)Nc1ccc(OCc2ccccc2)cc1. The molecule has 27 heavy (non-hydrogen) atoms. The van der Waals surface area contributed by atoms with Crippen molar-refractivity contribution in [1.82, 2.24) is 5.32 Å². The van der Waals surface area contributed by atoms with Gasteiger partial charge in [-0.15, -0.1) is 0 Å². The first kappa shape index (κ1) is 18.4. The van der Waals surface area contributed by atoms with Gasteiger partial charge in [-0.1, -0.05) is 30.3 Å². The van der Waals surface area contributed by atoms with Crippen molar-refractivity contribution in [3.63, 3.8) is 0 Å². The van der Waals surface area contributed by atoms with Crippen LogP contribution in [0.5, 0.6) is 5.75 Å². The molecule has 2 N–H and O–H groups in total. The number of hydrogen-bond donors (Lipinski definition) is 2. The van der Waals surface area contributed by atoms with Gasteiger partial charge in [-0.2, -0.15) is 0 Å². The van der Waals surface area contributed by atoms with Crippen molar-refractivity contribution in [2.75, 3.05) is 5.32 Å². The van der Waals surface area contributed by atoms with Crippen LogP contribution in [-0.2, 0) is 11.4 Å². The van der Waals surface area contributed by atoms with E-state index in [0.717, 1.165) is 17.0 Å². The van der Waals surface area contributed by atoms with Crippen LogP contribution >= 0.6 is 12.2 Å². The standard InChI is InChI=1S/C21H18N2O3S/c24-20(13-12-18-7-4-14-25-18)23-21(27)22-17-8-10-19(11-9-17)26-15-16-5-2-1-3-6-16/h1-14H,15H2,(H2,22,23,24,27). The van der Waals surface area contributed by atoms with Crippen LogP contribution in [0.1, 0.15) is 11.3 Å². The minimum absolute atomic E-state index is 0.210. The third-order valence-corrected chi connectivity index (χ3v) is 3.74. The Kier molecular flexibility index (Phi) is 6.38. The van der Waals surface area contributed by atoms with E-state index in [0.29, 0.717) is 12.4 Å². The average molecular weight is 378 g/mol. The summed E-state index contributed by atoms with van der Waals surface area (Å²) in [4.78, 5) is 11.8. The molecule has 1 amide bonds. The van der Waals surface area contributed by atoms with E-state index >= 15 is 0 Å². The number of nitrogens with one attached hydrogen (secondary N) is 2. The molecular formula is C21H18N2O3S. The summed E-state index contributed by atoms with van der Waals surface area (Å²) in [6.45, 7) is 0.504. The zero-order chi connectivity index (χ0) is 18.9. The molecule has 1 heterocycles. The molecule has 0 spiro atoms. The molecule has 0 aliphatic heterocycles. The van der Waals surface area contributed by atoms with E-state index in [4.69, 9.17) is 21.4 Å². The lowest BCUT2D eigenvalue weighted by Gasteiger charge is -2.10. The van der Waals surface area contributed by atoms with Gasteiger partial charge in [0.2, 0.25) is 5.91 Å². The van der Waals surface area contributed by atoms with E-state index in [1.165, 1.54) is 12.3 Å². The lowest BCUT2D eigenvalue weighted by atomic mass is 10.2. The normalized spacial score (nSPS) is 10.5. The third-order valence-electron chi connectivity index (χ3n) is 3.54. The molecule has 0 aliphatic rings. The minimum atomic E-state index is -0.341. The molecule has 5 nitrogen and oxygen atoms in total. The molecule has 2 aromatic carbocycles. The smallest absolute Gasteiger partial charge is 0.250 e. The first-order valence-electron chi connectivity index (χ1n) is 8.29. The predicted molar refractivity (Wildman–Crippen MR) is 109 cm³/mol. The second-order valence-electron chi connectivity index (χ2n) is 5.59. The van der Waals surface area contributed by atoms with Crippen molar-refractivity contribution in [3.05, 3.63) is 90.4 Å². The number of ether oxygens (including phenoxy) is 1. The number of benzene rings is 2. The largest absolute Gasteiger partial charge is 0.489 e. The number of anilines is 1. The van der Waals surface area contributed by atoms with E-state index in [9.17, 15) is 4.79 Å². The summed E-state index contributed by atoms with van der Waals surface area (Å²) in [5.41, 5.74) is 1.86. The maximum absolute atomic E-state index is 11.8. The van der Waals surface area contributed by atoms with Gasteiger partial charge < -0.3 is 14.5 Å². The Morgan fingerprint density at radius 3 is 2.52 bits per heavy atom. The summed E-state index contributed by atoms with van der Waals surface area (Å²) >= 11 is 5.14. The molecule has 0 bridgehead atoms. The van der Waals surface area contributed by atoms with Gasteiger partial charge in [-0.25, -0.2) is 0 Å². The first-order valence-corrected chi connectivity index (χ1v) is 8.70. The van der Waals surface area contributed by atoms with Crippen molar-refractivity contribution in [2.45, 2.75) is 6.61 Å². The molecule has 0 unspecified atom stereocenters. The lowest BCUT2D eigenvalue weighted by molar-refractivity contribution is -0.115. The Hall–Kier alpha value is -3.38. The van der Waals surface area contributed by atoms with E-state index in [2.05, 4.69) is 10.6 Å². The van der Waals surface area contributed by atoms with Gasteiger partial charge in [-0.3, -0.25) is 10.1 Å². The van der Waals surface area contributed by atoms with Gasteiger partial charge in [0.05, 0.1) is 6.26 Å². The fourth-order valence-corrected chi connectivity index (χ4v) is 2.45. The Balaban J connectivity index is 1.46. The summed E-state index contributed by atoms with van der Waals surface area (Å²) in [6, 6.07) is 20.8. The van der Waals surface area contributed by atoms with Crippen LogP contribution < -0.4 is 15.4 Å². The van der Waals surface area contributed by atoms with Gasteiger partial charge in [0.1, 0.15) is 18.1 Å². The van der Waals surface area contributed by atoms with E-state index in [1.807, 2.05) is 54.6 Å². The predicted octanol–water partition coefficient (Wildman–Crippen LogP) is 4.39. The average Bonchev–Trinajstić information content (AvgIpc) is 3.20. The summed E-state index contributed by atoms with van der Waals surface area (Å²) < 4.78 is 10.9. The summed E-state index contributed by atoms with van der Waals surface area (Å²) in [5, 5.41) is 5.74. The maximum Gasteiger partial charge on any atom is 0.250 e. The molecule has 6 heteroatoms.